The van der Waals surface area contributed by atoms with Gasteiger partial charge in [-0.25, -0.2) is 4.68 Å². The Bertz CT molecular complexity index is 1420. The highest BCUT2D eigenvalue weighted by Crippen LogP contribution is 2.33. The van der Waals surface area contributed by atoms with Crippen LogP contribution in [-0.4, -0.2) is 42.4 Å². The lowest BCUT2D eigenvalue weighted by Crippen LogP contribution is -2.44. The molecule has 190 valence electrons. The van der Waals surface area contributed by atoms with Crippen molar-refractivity contribution < 1.29 is 19.1 Å². The number of carbonyl (C=O) groups is 2. The number of methoxy groups -OCH3 is 2. The van der Waals surface area contributed by atoms with Crippen molar-refractivity contribution in [1.29, 1.82) is 0 Å². The summed E-state index contributed by atoms with van der Waals surface area (Å²) in [7, 11) is 3.09. The lowest BCUT2D eigenvalue weighted by molar-refractivity contribution is -0.120. The highest BCUT2D eigenvalue weighted by Gasteiger charge is 2.20. The smallest absolute Gasteiger partial charge is 0.273 e. The molecule has 9 nitrogen and oxygen atoms in total. The van der Waals surface area contributed by atoms with Gasteiger partial charge >= 0.3 is 0 Å². The number of aromatic nitrogens is 2. The summed E-state index contributed by atoms with van der Waals surface area (Å²) < 4.78 is 12.4. The SMILES string of the molecule is COc1ccc(-c2nn(-c3ccccc3)cc2C(=O)NNC(=O)CNc2ccc(C)cc2C)cc1OC. The Morgan fingerprint density at radius 3 is 2.35 bits per heavy atom. The van der Waals surface area contributed by atoms with Crippen molar-refractivity contribution >= 4 is 17.5 Å². The summed E-state index contributed by atoms with van der Waals surface area (Å²) >= 11 is 0. The number of carbonyl (C=O) groups excluding carboxylic acids is 2. The summed E-state index contributed by atoms with van der Waals surface area (Å²) in [6, 6.07) is 20.6. The molecule has 0 spiro atoms. The van der Waals surface area contributed by atoms with Gasteiger partial charge in [0.25, 0.3) is 11.8 Å². The number of anilines is 1. The lowest BCUT2D eigenvalue weighted by Gasteiger charge is -2.12. The Hall–Kier alpha value is -4.79. The fourth-order valence-electron chi connectivity index (χ4n) is 3.88. The number of rotatable bonds is 8. The Morgan fingerprint density at radius 2 is 1.65 bits per heavy atom. The first-order valence-corrected chi connectivity index (χ1v) is 11.7. The topological polar surface area (TPSA) is 107 Å². The number of hydrogen-bond acceptors (Lipinski definition) is 6. The molecule has 0 atom stereocenters. The van der Waals surface area contributed by atoms with Crippen molar-refractivity contribution in [3.63, 3.8) is 0 Å². The third-order valence-electron chi connectivity index (χ3n) is 5.77. The molecule has 0 saturated carbocycles. The van der Waals surface area contributed by atoms with Gasteiger partial charge in [-0.1, -0.05) is 35.9 Å². The van der Waals surface area contributed by atoms with Gasteiger partial charge in [-0.2, -0.15) is 5.10 Å². The van der Waals surface area contributed by atoms with Gasteiger partial charge in [-0.05, 0) is 55.8 Å². The molecule has 3 N–H and O–H groups in total. The van der Waals surface area contributed by atoms with E-state index in [4.69, 9.17) is 9.47 Å². The number of aryl methyl sites for hydroxylation is 2. The van der Waals surface area contributed by atoms with Crippen molar-refractivity contribution in [2.75, 3.05) is 26.1 Å². The minimum Gasteiger partial charge on any atom is -0.493 e. The molecule has 4 aromatic rings. The summed E-state index contributed by atoms with van der Waals surface area (Å²) in [4.78, 5) is 25.6. The van der Waals surface area contributed by atoms with Crippen LogP contribution in [0.3, 0.4) is 0 Å². The van der Waals surface area contributed by atoms with Crippen LogP contribution in [0, 0.1) is 13.8 Å². The van der Waals surface area contributed by atoms with Gasteiger partial charge in [-0.15, -0.1) is 0 Å². The zero-order chi connectivity index (χ0) is 26.4. The highest BCUT2D eigenvalue weighted by atomic mass is 16.5. The van der Waals surface area contributed by atoms with Crippen LogP contribution in [0.4, 0.5) is 5.69 Å². The largest absolute Gasteiger partial charge is 0.493 e. The van der Waals surface area contributed by atoms with Crippen LogP contribution in [0.1, 0.15) is 21.5 Å². The number of hydrogen-bond donors (Lipinski definition) is 3. The maximum absolute atomic E-state index is 13.2. The van der Waals surface area contributed by atoms with E-state index in [0.717, 1.165) is 22.5 Å². The molecule has 0 aliphatic rings. The Labute approximate surface area is 215 Å². The maximum Gasteiger partial charge on any atom is 0.273 e. The van der Waals surface area contributed by atoms with E-state index in [9.17, 15) is 9.59 Å². The number of hydrazine groups is 1. The quantitative estimate of drug-likeness (QED) is 0.316. The lowest BCUT2D eigenvalue weighted by atomic mass is 10.1. The summed E-state index contributed by atoms with van der Waals surface area (Å²) in [5.74, 6) is 0.165. The standard InChI is InChI=1S/C28H29N5O4/c1-18-10-12-23(19(2)14-18)29-16-26(34)30-31-28(35)22-17-33(21-8-6-5-7-9-21)32-27(22)20-11-13-24(36-3)25(15-20)37-4/h5-15,17,29H,16H2,1-4H3,(H,30,34)(H,31,35). The van der Waals surface area contributed by atoms with E-state index < -0.39 is 11.8 Å². The zero-order valence-electron chi connectivity index (χ0n) is 21.2. The first kappa shape index (κ1) is 25.3. The molecule has 3 aromatic carbocycles. The van der Waals surface area contributed by atoms with Crippen molar-refractivity contribution in [2.45, 2.75) is 13.8 Å². The van der Waals surface area contributed by atoms with Crippen LogP contribution in [0.5, 0.6) is 11.5 Å². The van der Waals surface area contributed by atoms with Crippen molar-refractivity contribution in [2.24, 2.45) is 0 Å². The second kappa shape index (κ2) is 11.3. The van der Waals surface area contributed by atoms with Crippen molar-refractivity contribution in [3.8, 4) is 28.4 Å². The predicted molar refractivity (Wildman–Crippen MR) is 142 cm³/mol. The van der Waals surface area contributed by atoms with Gasteiger partial charge in [0.2, 0.25) is 0 Å². The normalized spacial score (nSPS) is 10.5. The van der Waals surface area contributed by atoms with Crippen LogP contribution >= 0.6 is 0 Å². The van der Waals surface area contributed by atoms with E-state index in [1.165, 1.54) is 0 Å². The molecule has 1 heterocycles. The monoisotopic (exact) mass is 499 g/mol. The van der Waals surface area contributed by atoms with Crippen LogP contribution in [0.2, 0.25) is 0 Å². The van der Waals surface area contributed by atoms with E-state index in [1.807, 2.05) is 62.4 Å². The van der Waals surface area contributed by atoms with Gasteiger partial charge < -0.3 is 14.8 Å². The van der Waals surface area contributed by atoms with Crippen LogP contribution in [-0.2, 0) is 4.79 Å². The molecule has 37 heavy (non-hydrogen) atoms. The summed E-state index contributed by atoms with van der Waals surface area (Å²) in [5, 5.41) is 7.74. The third kappa shape index (κ3) is 5.90. The molecule has 1 aromatic heterocycles. The molecule has 0 saturated heterocycles. The fraction of sp³-hybridized carbons (Fsp3) is 0.179. The fourth-order valence-corrected chi connectivity index (χ4v) is 3.88. The molecule has 0 fully saturated rings. The second-order valence-electron chi connectivity index (χ2n) is 8.42. The minimum atomic E-state index is -0.508. The van der Waals surface area contributed by atoms with E-state index in [1.54, 1.807) is 43.3 Å². The average molecular weight is 500 g/mol. The molecule has 9 heteroatoms. The molecule has 4 rings (SSSR count). The molecule has 2 amide bonds. The van der Waals surface area contributed by atoms with E-state index in [2.05, 4.69) is 21.3 Å². The molecule has 0 radical (unpaired) electrons. The molecule has 0 unspecified atom stereocenters. The van der Waals surface area contributed by atoms with Gasteiger partial charge in [0.05, 0.1) is 32.0 Å². The summed E-state index contributed by atoms with van der Waals surface area (Å²) in [6.07, 6.45) is 1.62. The van der Waals surface area contributed by atoms with Crippen LogP contribution < -0.4 is 25.6 Å². The minimum absolute atomic E-state index is 0.00397. The van der Waals surface area contributed by atoms with Crippen molar-refractivity contribution in [3.05, 3.63) is 89.6 Å². The zero-order valence-corrected chi connectivity index (χ0v) is 21.2. The Balaban J connectivity index is 1.54. The number of ether oxygens (including phenoxy) is 2. The first-order valence-electron chi connectivity index (χ1n) is 11.7. The van der Waals surface area contributed by atoms with Crippen LogP contribution in [0.25, 0.3) is 16.9 Å². The summed E-state index contributed by atoms with van der Waals surface area (Å²) in [5.41, 5.74) is 10.1. The van der Waals surface area contributed by atoms with Crippen molar-refractivity contribution in [1.82, 2.24) is 20.6 Å². The van der Waals surface area contributed by atoms with Gasteiger partial charge in [0, 0.05) is 17.4 Å². The third-order valence-corrected chi connectivity index (χ3v) is 5.77. The molecule has 0 aliphatic heterocycles. The van der Waals surface area contributed by atoms with Crippen LogP contribution in [0.15, 0.2) is 72.9 Å². The first-order chi connectivity index (χ1) is 17.9. The molecule has 0 bridgehead atoms. The van der Waals surface area contributed by atoms with E-state index in [-0.39, 0.29) is 12.1 Å². The molecular formula is C28H29N5O4. The number of nitrogens with zero attached hydrogens (tertiary/aromatic N) is 2. The average Bonchev–Trinajstić information content (AvgIpc) is 3.37. The number of amides is 2. The maximum atomic E-state index is 13.2. The van der Waals surface area contributed by atoms with Gasteiger partial charge in [0.15, 0.2) is 11.5 Å². The number of para-hydroxylation sites is 1. The highest BCUT2D eigenvalue weighted by molar-refractivity contribution is 6.01. The Kier molecular flexibility index (Phi) is 7.73. The summed E-state index contributed by atoms with van der Waals surface area (Å²) in [6.45, 7) is 3.97. The predicted octanol–water partition coefficient (Wildman–Crippen LogP) is 4.05. The molecule has 0 aliphatic carbocycles. The molecular weight excluding hydrogens is 470 g/mol. The van der Waals surface area contributed by atoms with E-state index in [0.29, 0.717) is 22.8 Å². The van der Waals surface area contributed by atoms with E-state index >= 15 is 0 Å². The van der Waals surface area contributed by atoms with Gasteiger partial charge in [0.1, 0.15) is 5.69 Å². The second-order valence-corrected chi connectivity index (χ2v) is 8.42. The Morgan fingerprint density at radius 1 is 0.892 bits per heavy atom. The number of benzene rings is 3. The number of nitrogens with one attached hydrogen (secondary N) is 3. The van der Waals surface area contributed by atoms with Gasteiger partial charge in [-0.3, -0.25) is 20.4 Å².